The van der Waals surface area contributed by atoms with Crippen LogP contribution in [0.3, 0.4) is 0 Å². The van der Waals surface area contributed by atoms with Gasteiger partial charge in [-0.3, -0.25) is 0 Å². The Morgan fingerprint density at radius 3 is 2.24 bits per heavy atom. The molecule has 1 unspecified atom stereocenters. The third-order valence-electron chi connectivity index (χ3n) is 4.08. The zero-order valence-electron chi connectivity index (χ0n) is 11.4. The van der Waals surface area contributed by atoms with Crippen molar-refractivity contribution in [2.45, 2.75) is 52.0 Å². The average Bonchev–Trinajstić information content (AvgIpc) is 2.77. The van der Waals surface area contributed by atoms with E-state index < -0.39 is 0 Å². The van der Waals surface area contributed by atoms with E-state index in [1.807, 2.05) is 0 Å². The van der Waals surface area contributed by atoms with E-state index in [2.05, 4.69) is 44.4 Å². The van der Waals surface area contributed by atoms with E-state index in [-0.39, 0.29) is 0 Å². The number of benzene rings is 1. The first-order valence-electron chi connectivity index (χ1n) is 6.93. The molecule has 1 heteroatoms. The van der Waals surface area contributed by atoms with E-state index >= 15 is 0 Å². The largest absolute Gasteiger partial charge is 0.316 e. The van der Waals surface area contributed by atoms with Crippen molar-refractivity contribution >= 4 is 0 Å². The molecule has 0 spiro atoms. The van der Waals surface area contributed by atoms with Gasteiger partial charge in [0, 0.05) is 6.04 Å². The molecule has 1 atom stereocenters. The number of nitrogens with one attached hydrogen (secondary N) is 1. The summed E-state index contributed by atoms with van der Waals surface area (Å²) in [6, 6.07) is 7.60. The maximum Gasteiger partial charge on any atom is 0.0133 e. The molecule has 2 rings (SSSR count). The van der Waals surface area contributed by atoms with Gasteiger partial charge < -0.3 is 5.32 Å². The van der Waals surface area contributed by atoms with Gasteiger partial charge in [-0.1, -0.05) is 42.2 Å². The summed E-state index contributed by atoms with van der Waals surface area (Å²) in [5.74, 6) is 0.890. The Bertz CT molecular complexity index is 344. The molecule has 1 aliphatic rings. The van der Waals surface area contributed by atoms with Gasteiger partial charge in [-0.15, -0.1) is 0 Å². The molecular weight excluding hydrogens is 206 g/mol. The van der Waals surface area contributed by atoms with Crippen molar-refractivity contribution in [1.29, 1.82) is 0 Å². The molecule has 1 saturated carbocycles. The van der Waals surface area contributed by atoms with Gasteiger partial charge in [-0.05, 0) is 51.6 Å². The third-order valence-corrected chi connectivity index (χ3v) is 4.08. The maximum absolute atomic E-state index is 3.53. The van der Waals surface area contributed by atoms with Crippen LogP contribution in [0.15, 0.2) is 18.2 Å². The number of rotatable bonds is 4. The highest BCUT2D eigenvalue weighted by atomic mass is 14.9. The second kappa shape index (κ2) is 5.68. The fourth-order valence-corrected chi connectivity index (χ4v) is 3.30. The van der Waals surface area contributed by atoms with E-state index in [1.165, 1.54) is 48.8 Å². The van der Waals surface area contributed by atoms with Crippen molar-refractivity contribution in [2.24, 2.45) is 5.92 Å². The number of hydrogen-bond acceptors (Lipinski definition) is 1. The molecule has 0 aliphatic heterocycles. The van der Waals surface area contributed by atoms with Crippen LogP contribution in [-0.2, 0) is 6.42 Å². The van der Waals surface area contributed by atoms with Gasteiger partial charge in [0.15, 0.2) is 0 Å². The van der Waals surface area contributed by atoms with Gasteiger partial charge >= 0.3 is 0 Å². The minimum Gasteiger partial charge on any atom is -0.316 e. The van der Waals surface area contributed by atoms with Gasteiger partial charge in [-0.2, -0.15) is 0 Å². The molecule has 1 aromatic carbocycles. The second-order valence-corrected chi connectivity index (χ2v) is 5.64. The van der Waals surface area contributed by atoms with E-state index in [0.29, 0.717) is 6.04 Å². The second-order valence-electron chi connectivity index (χ2n) is 5.64. The molecule has 94 valence electrons. The molecule has 17 heavy (non-hydrogen) atoms. The van der Waals surface area contributed by atoms with E-state index in [9.17, 15) is 0 Å². The molecule has 0 aromatic heterocycles. The van der Waals surface area contributed by atoms with Crippen molar-refractivity contribution in [3.63, 3.8) is 0 Å². The SMILES string of the molecule is CNC(Cc1cc(C)cc(C)c1)C1CCCC1. The average molecular weight is 231 g/mol. The summed E-state index contributed by atoms with van der Waals surface area (Å²) in [7, 11) is 2.12. The van der Waals surface area contributed by atoms with Gasteiger partial charge in [-0.25, -0.2) is 0 Å². The van der Waals surface area contributed by atoms with Crippen molar-refractivity contribution in [3.05, 3.63) is 34.9 Å². The number of hydrogen-bond donors (Lipinski definition) is 1. The molecule has 0 bridgehead atoms. The topological polar surface area (TPSA) is 12.0 Å². The van der Waals surface area contributed by atoms with Crippen LogP contribution in [-0.4, -0.2) is 13.1 Å². The standard InChI is InChI=1S/C16H25N/c1-12-8-13(2)10-14(9-12)11-16(17-3)15-6-4-5-7-15/h8-10,15-17H,4-7,11H2,1-3H3. The minimum absolute atomic E-state index is 0.665. The molecule has 0 heterocycles. The maximum atomic E-state index is 3.53. The predicted octanol–water partition coefficient (Wildman–Crippen LogP) is 3.62. The Kier molecular flexibility index (Phi) is 4.22. The lowest BCUT2D eigenvalue weighted by Crippen LogP contribution is -2.34. The molecule has 1 aromatic rings. The lowest BCUT2D eigenvalue weighted by molar-refractivity contribution is 0.377. The lowest BCUT2D eigenvalue weighted by Gasteiger charge is -2.23. The minimum atomic E-state index is 0.665. The molecule has 0 saturated heterocycles. The molecule has 1 fully saturated rings. The van der Waals surface area contributed by atoms with Crippen molar-refractivity contribution in [2.75, 3.05) is 7.05 Å². The van der Waals surface area contributed by atoms with Crippen LogP contribution in [0.4, 0.5) is 0 Å². The Morgan fingerprint density at radius 2 is 1.71 bits per heavy atom. The molecule has 0 radical (unpaired) electrons. The predicted molar refractivity (Wildman–Crippen MR) is 74.4 cm³/mol. The number of aryl methyl sites for hydroxylation is 2. The summed E-state index contributed by atoms with van der Waals surface area (Å²) < 4.78 is 0. The molecule has 1 aliphatic carbocycles. The highest BCUT2D eigenvalue weighted by Crippen LogP contribution is 2.29. The highest BCUT2D eigenvalue weighted by molar-refractivity contribution is 5.29. The first-order valence-corrected chi connectivity index (χ1v) is 6.93. The van der Waals surface area contributed by atoms with Crippen LogP contribution in [0, 0.1) is 19.8 Å². The monoisotopic (exact) mass is 231 g/mol. The number of likely N-dealkylation sites (N-methyl/N-ethyl adjacent to an activating group) is 1. The van der Waals surface area contributed by atoms with Crippen molar-refractivity contribution in [3.8, 4) is 0 Å². The van der Waals surface area contributed by atoms with Gasteiger partial charge in [0.05, 0.1) is 0 Å². The third kappa shape index (κ3) is 3.32. The van der Waals surface area contributed by atoms with Gasteiger partial charge in [0.2, 0.25) is 0 Å². The van der Waals surface area contributed by atoms with Crippen LogP contribution in [0.1, 0.15) is 42.4 Å². The fraction of sp³-hybridized carbons (Fsp3) is 0.625. The Hall–Kier alpha value is -0.820. The molecular formula is C16H25N. The fourth-order valence-electron chi connectivity index (χ4n) is 3.30. The summed E-state index contributed by atoms with van der Waals surface area (Å²) in [5.41, 5.74) is 4.27. The van der Waals surface area contributed by atoms with Crippen LogP contribution in [0.2, 0.25) is 0 Å². The zero-order valence-corrected chi connectivity index (χ0v) is 11.4. The quantitative estimate of drug-likeness (QED) is 0.834. The first-order chi connectivity index (χ1) is 8.19. The van der Waals surface area contributed by atoms with Gasteiger partial charge in [0.25, 0.3) is 0 Å². The van der Waals surface area contributed by atoms with Crippen molar-refractivity contribution in [1.82, 2.24) is 5.32 Å². The smallest absolute Gasteiger partial charge is 0.0133 e. The first kappa shape index (κ1) is 12.6. The van der Waals surface area contributed by atoms with Crippen LogP contribution < -0.4 is 5.32 Å². The summed E-state index contributed by atoms with van der Waals surface area (Å²) in [6.07, 6.45) is 6.86. The molecule has 1 N–H and O–H groups in total. The Morgan fingerprint density at radius 1 is 1.12 bits per heavy atom. The van der Waals surface area contributed by atoms with E-state index in [1.54, 1.807) is 0 Å². The summed E-state index contributed by atoms with van der Waals surface area (Å²) in [4.78, 5) is 0. The normalized spacial score (nSPS) is 18.5. The Labute approximate surface area is 106 Å². The van der Waals surface area contributed by atoms with Crippen molar-refractivity contribution < 1.29 is 0 Å². The van der Waals surface area contributed by atoms with Crippen LogP contribution in [0.25, 0.3) is 0 Å². The lowest BCUT2D eigenvalue weighted by atomic mass is 9.91. The molecule has 1 nitrogen and oxygen atoms in total. The summed E-state index contributed by atoms with van der Waals surface area (Å²) >= 11 is 0. The van der Waals surface area contributed by atoms with Crippen LogP contribution in [0.5, 0.6) is 0 Å². The van der Waals surface area contributed by atoms with Gasteiger partial charge in [0.1, 0.15) is 0 Å². The van der Waals surface area contributed by atoms with E-state index in [0.717, 1.165) is 5.92 Å². The molecule has 0 amide bonds. The highest BCUT2D eigenvalue weighted by Gasteiger charge is 2.23. The van der Waals surface area contributed by atoms with Crippen LogP contribution >= 0.6 is 0 Å². The Balaban J connectivity index is 2.06. The summed E-state index contributed by atoms with van der Waals surface area (Å²) in [5, 5.41) is 3.53. The zero-order chi connectivity index (χ0) is 12.3. The summed E-state index contributed by atoms with van der Waals surface area (Å²) in [6.45, 7) is 4.39. The van der Waals surface area contributed by atoms with E-state index in [4.69, 9.17) is 0 Å².